The summed E-state index contributed by atoms with van der Waals surface area (Å²) in [6.07, 6.45) is 1.36. The Balaban J connectivity index is 0.00000100. The van der Waals surface area contributed by atoms with Gasteiger partial charge >= 0.3 is 0 Å². The minimum atomic E-state index is -2.72. The summed E-state index contributed by atoms with van der Waals surface area (Å²) in [5.41, 5.74) is 7.73. The summed E-state index contributed by atoms with van der Waals surface area (Å²) < 4.78 is 27.0. The van der Waals surface area contributed by atoms with E-state index in [1.807, 2.05) is 44.2 Å². The average molecular weight is 332 g/mol. The fourth-order valence-corrected chi connectivity index (χ4v) is 2.73. The van der Waals surface area contributed by atoms with E-state index in [-0.39, 0.29) is 18.8 Å². The van der Waals surface area contributed by atoms with Crippen LogP contribution in [-0.2, 0) is 0 Å². The fraction of sp³-hybridized carbons (Fsp3) is 0.333. The molecule has 2 heterocycles. The van der Waals surface area contributed by atoms with Gasteiger partial charge in [0.1, 0.15) is 11.7 Å². The molecule has 24 heavy (non-hydrogen) atoms. The van der Waals surface area contributed by atoms with Gasteiger partial charge in [-0.15, -0.1) is 0 Å². The molecule has 1 aromatic heterocycles. The van der Waals surface area contributed by atoms with Crippen LogP contribution in [0.25, 0.3) is 11.1 Å². The van der Waals surface area contributed by atoms with Crippen LogP contribution in [0, 0.1) is 5.41 Å². The second kappa shape index (κ2) is 7.38. The highest BCUT2D eigenvalue weighted by Gasteiger charge is 2.39. The Kier molecular flexibility index (Phi) is 5.49. The first-order valence-corrected chi connectivity index (χ1v) is 7.99. The maximum atomic E-state index is 13.5. The molecule has 1 fully saturated rings. The Labute approximate surface area is 140 Å². The summed E-state index contributed by atoms with van der Waals surface area (Å²) >= 11 is 0. The fourth-order valence-electron chi connectivity index (χ4n) is 2.73. The lowest BCUT2D eigenvalue weighted by Crippen LogP contribution is -2.28. The molecule has 0 spiro atoms. The largest absolute Gasteiger partial charge is 0.384 e. The lowest BCUT2D eigenvalue weighted by atomic mass is 10.00. The van der Waals surface area contributed by atoms with E-state index in [1.54, 1.807) is 12.3 Å². The van der Waals surface area contributed by atoms with Gasteiger partial charge in [0.2, 0.25) is 0 Å². The van der Waals surface area contributed by atoms with Gasteiger partial charge in [-0.25, -0.2) is 13.8 Å². The molecule has 3 rings (SSSR count). The highest BCUT2D eigenvalue weighted by Crippen LogP contribution is 2.34. The van der Waals surface area contributed by atoms with Gasteiger partial charge in [-0.3, -0.25) is 5.41 Å². The van der Waals surface area contributed by atoms with Crippen LogP contribution in [0.3, 0.4) is 0 Å². The van der Waals surface area contributed by atoms with Crippen LogP contribution in [0.15, 0.2) is 42.6 Å². The van der Waals surface area contributed by atoms with Crippen molar-refractivity contribution in [3.05, 3.63) is 48.2 Å². The smallest absolute Gasteiger partial charge is 0.266 e. The third-order valence-electron chi connectivity index (χ3n) is 3.75. The number of nitrogens with zero attached hydrogens (tertiary/aromatic N) is 2. The number of rotatable bonds is 3. The SMILES string of the molecule is CC.N=C(N)c1c(-c2ccccc2)ccnc1N1CCC(F)(F)C1. The number of benzene rings is 1. The van der Waals surface area contributed by atoms with E-state index < -0.39 is 12.5 Å². The summed E-state index contributed by atoms with van der Waals surface area (Å²) in [5.74, 6) is -2.54. The van der Waals surface area contributed by atoms with Crippen LogP contribution in [0.1, 0.15) is 25.8 Å². The van der Waals surface area contributed by atoms with Crippen molar-refractivity contribution in [2.75, 3.05) is 18.0 Å². The Morgan fingerprint density at radius 3 is 2.42 bits per heavy atom. The zero-order valence-electron chi connectivity index (χ0n) is 13.9. The molecule has 0 amide bonds. The molecule has 1 saturated heterocycles. The van der Waals surface area contributed by atoms with Crippen molar-refractivity contribution in [2.45, 2.75) is 26.2 Å². The predicted molar refractivity (Wildman–Crippen MR) is 93.8 cm³/mol. The van der Waals surface area contributed by atoms with Gasteiger partial charge in [-0.05, 0) is 17.2 Å². The number of nitrogens with two attached hydrogens (primary N) is 1. The molecule has 0 bridgehead atoms. The predicted octanol–water partition coefficient (Wildman–Crippen LogP) is 3.90. The molecule has 0 saturated carbocycles. The number of nitrogens with one attached hydrogen (secondary N) is 1. The molecule has 6 heteroatoms. The number of pyridine rings is 1. The number of alkyl halides is 2. The molecular formula is C18H22F2N4. The second-order valence-electron chi connectivity index (χ2n) is 5.36. The molecule has 128 valence electrons. The number of nitrogen functional groups attached to an aromatic ring is 1. The minimum Gasteiger partial charge on any atom is -0.384 e. The highest BCUT2D eigenvalue weighted by atomic mass is 19.3. The summed E-state index contributed by atoms with van der Waals surface area (Å²) in [7, 11) is 0. The third kappa shape index (κ3) is 3.69. The highest BCUT2D eigenvalue weighted by molar-refractivity contribution is 6.05. The normalized spacial score (nSPS) is 15.6. The van der Waals surface area contributed by atoms with Gasteiger partial charge in [-0.1, -0.05) is 44.2 Å². The van der Waals surface area contributed by atoms with E-state index in [2.05, 4.69) is 4.98 Å². The molecule has 2 aromatic rings. The molecular weight excluding hydrogens is 310 g/mol. The standard InChI is InChI=1S/C16H16F2N4.C2H6/c17-16(18)7-9-22(10-16)15-13(14(19)20)12(6-8-21-15)11-4-2-1-3-5-11;1-2/h1-6,8H,7,9-10H2,(H3,19,20);1-2H3. The molecule has 1 aliphatic heterocycles. The van der Waals surface area contributed by atoms with Gasteiger partial charge in [0.25, 0.3) is 5.92 Å². The van der Waals surface area contributed by atoms with Crippen LogP contribution in [0.4, 0.5) is 14.6 Å². The van der Waals surface area contributed by atoms with E-state index in [0.29, 0.717) is 11.4 Å². The average Bonchev–Trinajstić information content (AvgIpc) is 2.96. The maximum Gasteiger partial charge on any atom is 0.266 e. The third-order valence-corrected chi connectivity index (χ3v) is 3.75. The molecule has 0 atom stereocenters. The van der Waals surface area contributed by atoms with Gasteiger partial charge in [-0.2, -0.15) is 0 Å². The molecule has 0 aliphatic carbocycles. The maximum absolute atomic E-state index is 13.5. The molecule has 3 N–H and O–H groups in total. The van der Waals surface area contributed by atoms with E-state index in [9.17, 15) is 8.78 Å². The van der Waals surface area contributed by atoms with Gasteiger partial charge in [0.15, 0.2) is 0 Å². The van der Waals surface area contributed by atoms with Crippen LogP contribution in [-0.4, -0.2) is 29.8 Å². The van der Waals surface area contributed by atoms with Crippen LogP contribution >= 0.6 is 0 Å². The van der Waals surface area contributed by atoms with E-state index in [0.717, 1.165) is 11.1 Å². The molecule has 0 radical (unpaired) electrons. The molecule has 1 aliphatic rings. The van der Waals surface area contributed by atoms with Crippen molar-refractivity contribution in [3.8, 4) is 11.1 Å². The van der Waals surface area contributed by atoms with Crippen molar-refractivity contribution >= 4 is 11.7 Å². The van der Waals surface area contributed by atoms with Crippen LogP contribution < -0.4 is 10.6 Å². The van der Waals surface area contributed by atoms with Crippen LogP contribution in [0.5, 0.6) is 0 Å². The van der Waals surface area contributed by atoms with E-state index in [1.165, 1.54) is 4.90 Å². The van der Waals surface area contributed by atoms with Crippen molar-refractivity contribution in [1.82, 2.24) is 4.98 Å². The first-order valence-electron chi connectivity index (χ1n) is 7.99. The lowest BCUT2D eigenvalue weighted by Gasteiger charge is -2.22. The summed E-state index contributed by atoms with van der Waals surface area (Å²) in [4.78, 5) is 5.71. The molecule has 0 unspecified atom stereocenters. The first-order chi connectivity index (χ1) is 11.5. The monoisotopic (exact) mass is 332 g/mol. The minimum absolute atomic E-state index is 0.169. The number of anilines is 1. The second-order valence-corrected chi connectivity index (χ2v) is 5.36. The lowest BCUT2D eigenvalue weighted by molar-refractivity contribution is 0.0256. The van der Waals surface area contributed by atoms with E-state index in [4.69, 9.17) is 11.1 Å². The number of halogens is 2. The van der Waals surface area contributed by atoms with Crippen molar-refractivity contribution in [2.24, 2.45) is 5.73 Å². The van der Waals surface area contributed by atoms with Gasteiger partial charge in [0, 0.05) is 19.2 Å². The van der Waals surface area contributed by atoms with Crippen molar-refractivity contribution in [1.29, 1.82) is 5.41 Å². The number of hydrogen-bond donors (Lipinski definition) is 2. The van der Waals surface area contributed by atoms with Crippen molar-refractivity contribution in [3.63, 3.8) is 0 Å². The molecule has 1 aromatic carbocycles. The Morgan fingerprint density at radius 2 is 1.88 bits per heavy atom. The van der Waals surface area contributed by atoms with E-state index >= 15 is 0 Å². The molecule has 4 nitrogen and oxygen atoms in total. The first kappa shape index (κ1) is 17.8. The van der Waals surface area contributed by atoms with Gasteiger partial charge in [0.05, 0.1) is 12.1 Å². The number of hydrogen-bond acceptors (Lipinski definition) is 3. The number of aromatic nitrogens is 1. The van der Waals surface area contributed by atoms with Gasteiger partial charge < -0.3 is 10.6 Å². The summed E-state index contributed by atoms with van der Waals surface area (Å²) in [6, 6.07) is 11.2. The topological polar surface area (TPSA) is 66.0 Å². The number of amidine groups is 1. The van der Waals surface area contributed by atoms with Crippen LogP contribution in [0.2, 0.25) is 0 Å². The zero-order chi connectivity index (χ0) is 17.7. The quantitative estimate of drug-likeness (QED) is 0.662. The summed E-state index contributed by atoms with van der Waals surface area (Å²) in [6.45, 7) is 3.82. The Hall–Kier alpha value is -2.50. The summed E-state index contributed by atoms with van der Waals surface area (Å²) in [5, 5.41) is 7.85. The Bertz CT molecular complexity index is 701. The Morgan fingerprint density at radius 1 is 1.21 bits per heavy atom. The van der Waals surface area contributed by atoms with Crippen molar-refractivity contribution < 1.29 is 8.78 Å². The zero-order valence-corrected chi connectivity index (χ0v) is 13.9.